The Bertz CT molecular complexity index is 484. The second kappa shape index (κ2) is 5.57. The number of halogens is 1. The van der Waals surface area contributed by atoms with Gasteiger partial charge in [-0.3, -0.25) is 0 Å². The van der Waals surface area contributed by atoms with Gasteiger partial charge in [0.05, 0.1) is 6.04 Å². The van der Waals surface area contributed by atoms with E-state index < -0.39 is 5.60 Å². The highest BCUT2D eigenvalue weighted by Gasteiger charge is 2.33. The molecule has 0 radical (unpaired) electrons. The molecule has 2 N–H and O–H groups in total. The number of ether oxygens (including phenoxy) is 1. The number of nitrogens with two attached hydrogens (primary N) is 1. The maximum absolute atomic E-state index is 12.1. The van der Waals surface area contributed by atoms with Gasteiger partial charge in [0, 0.05) is 19.1 Å². The largest absolute Gasteiger partial charge is 0.444 e. The van der Waals surface area contributed by atoms with E-state index in [4.69, 9.17) is 22.1 Å². The third-order valence-corrected chi connectivity index (χ3v) is 3.28. The van der Waals surface area contributed by atoms with Crippen molar-refractivity contribution < 1.29 is 9.53 Å². The number of carbonyl (C=O) groups excluding carboxylic acids is 1. The van der Waals surface area contributed by atoms with Crippen molar-refractivity contribution >= 4 is 17.7 Å². The molecule has 1 aromatic rings. The molecule has 2 atom stereocenters. The molecule has 0 aromatic carbocycles. The molecule has 1 aliphatic rings. The van der Waals surface area contributed by atoms with E-state index in [-0.39, 0.29) is 23.5 Å². The van der Waals surface area contributed by atoms with E-state index in [9.17, 15) is 4.79 Å². The maximum atomic E-state index is 12.1. The molecule has 1 saturated heterocycles. The Morgan fingerprint density at radius 2 is 2.25 bits per heavy atom. The lowest BCUT2D eigenvalue weighted by molar-refractivity contribution is 0.0150. The first-order valence-electron chi connectivity index (χ1n) is 6.56. The number of carbonyl (C=O) groups is 1. The highest BCUT2D eigenvalue weighted by molar-refractivity contribution is 6.28. The van der Waals surface area contributed by atoms with Gasteiger partial charge in [0.25, 0.3) is 0 Å². The number of hydrogen-bond acceptors (Lipinski definition) is 5. The smallest absolute Gasteiger partial charge is 0.410 e. The molecule has 112 valence electrons. The van der Waals surface area contributed by atoms with E-state index in [0.717, 1.165) is 0 Å². The lowest BCUT2D eigenvalue weighted by Crippen LogP contribution is -2.51. The molecule has 8 heteroatoms. The zero-order valence-corrected chi connectivity index (χ0v) is 12.7. The quantitative estimate of drug-likeness (QED) is 0.848. The lowest BCUT2D eigenvalue weighted by Gasteiger charge is -2.37. The number of amides is 1. The number of aromatic nitrogens is 3. The SMILES string of the molecule is CC(C)(C)OC(=O)N1CCC(N)C(n2cnc(Cl)n2)C1. The average molecular weight is 302 g/mol. The van der Waals surface area contributed by atoms with Gasteiger partial charge in [0.1, 0.15) is 11.9 Å². The summed E-state index contributed by atoms with van der Waals surface area (Å²) in [7, 11) is 0. The summed E-state index contributed by atoms with van der Waals surface area (Å²) in [5, 5.41) is 4.24. The zero-order valence-electron chi connectivity index (χ0n) is 11.9. The minimum absolute atomic E-state index is 0.0912. The average Bonchev–Trinajstić information content (AvgIpc) is 2.74. The molecule has 0 aliphatic carbocycles. The highest BCUT2D eigenvalue weighted by Crippen LogP contribution is 2.22. The second-order valence-corrected chi connectivity index (χ2v) is 6.28. The summed E-state index contributed by atoms with van der Waals surface area (Å²) in [6.45, 7) is 6.55. The first-order valence-corrected chi connectivity index (χ1v) is 6.94. The van der Waals surface area contributed by atoms with E-state index in [1.54, 1.807) is 9.58 Å². The van der Waals surface area contributed by atoms with Gasteiger partial charge in [-0.1, -0.05) is 0 Å². The van der Waals surface area contributed by atoms with Gasteiger partial charge in [-0.15, -0.1) is 5.10 Å². The Labute approximate surface area is 123 Å². The lowest BCUT2D eigenvalue weighted by atomic mass is 10.0. The summed E-state index contributed by atoms with van der Waals surface area (Å²) < 4.78 is 6.99. The Morgan fingerprint density at radius 3 is 2.80 bits per heavy atom. The molecule has 2 unspecified atom stereocenters. The normalized spacial score (nSPS) is 23.8. The fourth-order valence-electron chi connectivity index (χ4n) is 2.14. The van der Waals surface area contributed by atoms with Gasteiger partial charge in [-0.25, -0.2) is 14.5 Å². The van der Waals surface area contributed by atoms with Crippen LogP contribution in [-0.2, 0) is 4.74 Å². The summed E-state index contributed by atoms with van der Waals surface area (Å²) in [5.74, 6) is 0. The van der Waals surface area contributed by atoms with Crippen LogP contribution in [0, 0.1) is 0 Å². The van der Waals surface area contributed by atoms with E-state index >= 15 is 0 Å². The fourth-order valence-corrected chi connectivity index (χ4v) is 2.27. The van der Waals surface area contributed by atoms with Crippen LogP contribution in [0.25, 0.3) is 0 Å². The third-order valence-electron chi connectivity index (χ3n) is 3.11. The van der Waals surface area contributed by atoms with Crippen LogP contribution in [0.15, 0.2) is 6.33 Å². The van der Waals surface area contributed by atoms with Crippen molar-refractivity contribution in [2.75, 3.05) is 13.1 Å². The van der Waals surface area contributed by atoms with Crippen LogP contribution in [-0.4, -0.2) is 50.5 Å². The van der Waals surface area contributed by atoms with Crippen molar-refractivity contribution in [2.24, 2.45) is 5.73 Å². The van der Waals surface area contributed by atoms with E-state index in [2.05, 4.69) is 10.1 Å². The minimum atomic E-state index is -0.511. The van der Waals surface area contributed by atoms with Gasteiger partial charge in [-0.05, 0) is 38.8 Å². The Balaban J connectivity index is 2.06. The van der Waals surface area contributed by atoms with Crippen LogP contribution in [0.1, 0.15) is 33.2 Å². The first kappa shape index (κ1) is 15.1. The molecule has 0 spiro atoms. The molecule has 1 amide bonds. The molecule has 7 nitrogen and oxygen atoms in total. The van der Waals surface area contributed by atoms with Gasteiger partial charge < -0.3 is 15.4 Å². The van der Waals surface area contributed by atoms with Crippen LogP contribution in [0.3, 0.4) is 0 Å². The number of nitrogens with zero attached hydrogens (tertiary/aromatic N) is 4. The number of likely N-dealkylation sites (tertiary alicyclic amines) is 1. The molecule has 2 heterocycles. The van der Waals surface area contributed by atoms with Crippen molar-refractivity contribution in [3.63, 3.8) is 0 Å². The van der Waals surface area contributed by atoms with Crippen LogP contribution in [0.5, 0.6) is 0 Å². The summed E-state index contributed by atoms with van der Waals surface area (Å²) in [6, 6.07) is -0.234. The Hall–Kier alpha value is -1.34. The molecule has 1 fully saturated rings. The van der Waals surface area contributed by atoms with Crippen molar-refractivity contribution in [1.82, 2.24) is 19.7 Å². The molecular formula is C12H20ClN5O2. The van der Waals surface area contributed by atoms with E-state index in [1.165, 1.54) is 6.33 Å². The minimum Gasteiger partial charge on any atom is -0.444 e. The fraction of sp³-hybridized carbons (Fsp3) is 0.750. The summed E-state index contributed by atoms with van der Waals surface area (Å²) in [6.07, 6.45) is 1.88. The molecule has 1 aliphatic heterocycles. The number of rotatable bonds is 1. The predicted octanol–water partition coefficient (Wildman–Crippen LogP) is 1.44. The van der Waals surface area contributed by atoms with Gasteiger partial charge in [0.15, 0.2) is 0 Å². The topological polar surface area (TPSA) is 86.3 Å². The predicted molar refractivity (Wildman–Crippen MR) is 74.5 cm³/mol. The molecule has 20 heavy (non-hydrogen) atoms. The Kier molecular flexibility index (Phi) is 4.19. The van der Waals surface area contributed by atoms with Crippen molar-refractivity contribution in [3.8, 4) is 0 Å². The molecule has 2 rings (SSSR count). The summed E-state index contributed by atoms with van der Waals surface area (Å²) in [4.78, 5) is 17.6. The van der Waals surface area contributed by atoms with E-state index in [1.807, 2.05) is 20.8 Å². The van der Waals surface area contributed by atoms with Crippen molar-refractivity contribution in [1.29, 1.82) is 0 Å². The van der Waals surface area contributed by atoms with Crippen LogP contribution >= 0.6 is 11.6 Å². The van der Waals surface area contributed by atoms with Crippen molar-refractivity contribution in [2.45, 2.75) is 44.9 Å². The maximum Gasteiger partial charge on any atom is 0.410 e. The van der Waals surface area contributed by atoms with Crippen molar-refractivity contribution in [3.05, 3.63) is 11.6 Å². The van der Waals surface area contributed by atoms with Crippen LogP contribution in [0.4, 0.5) is 4.79 Å². The van der Waals surface area contributed by atoms with Gasteiger partial charge in [0.2, 0.25) is 5.28 Å². The third kappa shape index (κ3) is 3.61. The molecular weight excluding hydrogens is 282 g/mol. The van der Waals surface area contributed by atoms with Crippen LogP contribution in [0.2, 0.25) is 5.28 Å². The standard InChI is InChI=1S/C12H20ClN5O2/c1-12(2,3)20-11(19)17-5-4-8(14)9(6-17)18-7-15-10(13)16-18/h7-9H,4-6,14H2,1-3H3. The molecule has 0 saturated carbocycles. The second-order valence-electron chi connectivity index (χ2n) is 5.94. The number of hydrogen-bond donors (Lipinski definition) is 1. The highest BCUT2D eigenvalue weighted by atomic mass is 35.5. The zero-order chi connectivity index (χ0) is 14.9. The molecule has 0 bridgehead atoms. The monoisotopic (exact) mass is 301 g/mol. The van der Waals surface area contributed by atoms with Crippen LogP contribution < -0.4 is 5.73 Å². The van der Waals surface area contributed by atoms with Gasteiger partial charge >= 0.3 is 6.09 Å². The first-order chi connectivity index (χ1) is 9.26. The number of piperidine rings is 1. The van der Waals surface area contributed by atoms with E-state index in [0.29, 0.717) is 19.5 Å². The van der Waals surface area contributed by atoms with Gasteiger partial charge in [-0.2, -0.15) is 0 Å². The molecule has 1 aromatic heterocycles. The summed E-state index contributed by atoms with van der Waals surface area (Å²) in [5.41, 5.74) is 5.59. The summed E-state index contributed by atoms with van der Waals surface area (Å²) >= 11 is 5.72. The Morgan fingerprint density at radius 1 is 1.55 bits per heavy atom.